The predicted octanol–water partition coefficient (Wildman–Crippen LogP) is 2.61. The predicted molar refractivity (Wildman–Crippen MR) is 86.5 cm³/mol. The van der Waals surface area contributed by atoms with Gasteiger partial charge in [0, 0.05) is 28.9 Å². The van der Waals surface area contributed by atoms with Gasteiger partial charge in [-0.15, -0.1) is 0 Å². The number of nitrogens with two attached hydrogens (primary N) is 1. The van der Waals surface area contributed by atoms with Crippen molar-refractivity contribution < 1.29 is 9.59 Å². The van der Waals surface area contributed by atoms with Gasteiger partial charge in [-0.1, -0.05) is 36.4 Å². The van der Waals surface area contributed by atoms with E-state index >= 15 is 0 Å². The highest BCUT2D eigenvalue weighted by molar-refractivity contribution is 6.30. The van der Waals surface area contributed by atoms with Crippen molar-refractivity contribution in [3.63, 3.8) is 0 Å². The van der Waals surface area contributed by atoms with Gasteiger partial charge >= 0.3 is 0 Å². The smallest absolute Gasteiger partial charge is 0.196 e. The zero-order chi connectivity index (χ0) is 15.5. The molecule has 4 nitrogen and oxygen atoms in total. The molecular formula is C18H18N2O2. The average Bonchev–Trinajstić information content (AvgIpc) is 2.56. The van der Waals surface area contributed by atoms with Crippen LogP contribution in [0.5, 0.6) is 0 Å². The molecule has 0 aromatic heterocycles. The largest absolute Gasteiger partial charge is 0.384 e. The molecule has 22 heavy (non-hydrogen) atoms. The highest BCUT2D eigenvalue weighted by Crippen LogP contribution is 2.31. The highest BCUT2D eigenvalue weighted by Gasteiger charge is 2.31. The Kier molecular flexibility index (Phi) is 4.02. The van der Waals surface area contributed by atoms with Gasteiger partial charge in [-0.2, -0.15) is 0 Å². The zero-order valence-corrected chi connectivity index (χ0v) is 12.3. The number of carbonyl (C=O) groups is 2. The number of benzene rings is 2. The molecular weight excluding hydrogens is 276 g/mol. The second-order valence-corrected chi connectivity index (χ2v) is 5.35. The first-order valence-electron chi connectivity index (χ1n) is 7.49. The Morgan fingerprint density at radius 2 is 1.50 bits per heavy atom. The van der Waals surface area contributed by atoms with Gasteiger partial charge in [0.2, 0.25) is 0 Å². The number of unbranched alkanes of at least 4 members (excludes halogenated alkanes) is 1. The summed E-state index contributed by atoms with van der Waals surface area (Å²) in [5.74, 6) is -0.178. The molecule has 3 rings (SSSR count). The van der Waals surface area contributed by atoms with E-state index in [-0.39, 0.29) is 11.6 Å². The van der Waals surface area contributed by atoms with Crippen LogP contribution in [0, 0.1) is 0 Å². The summed E-state index contributed by atoms with van der Waals surface area (Å²) < 4.78 is 0. The fourth-order valence-corrected chi connectivity index (χ4v) is 2.78. The van der Waals surface area contributed by atoms with E-state index in [0.717, 1.165) is 25.1 Å². The Labute approximate surface area is 129 Å². The molecule has 0 heterocycles. The quantitative estimate of drug-likeness (QED) is 0.710. The summed E-state index contributed by atoms with van der Waals surface area (Å²) in [6, 6.07) is 12.4. The maximum atomic E-state index is 12.8. The summed E-state index contributed by atoms with van der Waals surface area (Å²) >= 11 is 0. The van der Waals surface area contributed by atoms with Crippen molar-refractivity contribution in [3.8, 4) is 0 Å². The van der Waals surface area contributed by atoms with E-state index in [1.807, 2.05) is 12.1 Å². The number of anilines is 1. The van der Waals surface area contributed by atoms with Gasteiger partial charge in [0.25, 0.3) is 0 Å². The van der Waals surface area contributed by atoms with Crippen molar-refractivity contribution >= 4 is 17.3 Å². The van der Waals surface area contributed by atoms with Gasteiger partial charge in [0.05, 0.1) is 5.56 Å². The van der Waals surface area contributed by atoms with Crippen LogP contribution in [0.4, 0.5) is 5.69 Å². The Hall–Kier alpha value is -2.46. The molecule has 0 spiro atoms. The zero-order valence-electron chi connectivity index (χ0n) is 12.3. The molecule has 2 aromatic rings. The van der Waals surface area contributed by atoms with Gasteiger partial charge in [-0.3, -0.25) is 9.59 Å². The Bertz CT molecular complexity index is 738. The Morgan fingerprint density at radius 1 is 0.818 bits per heavy atom. The summed E-state index contributed by atoms with van der Waals surface area (Å²) in [4.78, 5) is 25.3. The average molecular weight is 294 g/mol. The summed E-state index contributed by atoms with van der Waals surface area (Å²) in [6.45, 7) is 1.39. The van der Waals surface area contributed by atoms with Gasteiger partial charge in [0.15, 0.2) is 11.6 Å². The molecule has 4 heteroatoms. The van der Waals surface area contributed by atoms with E-state index in [4.69, 9.17) is 5.73 Å². The molecule has 3 N–H and O–H groups in total. The topological polar surface area (TPSA) is 72.2 Å². The maximum Gasteiger partial charge on any atom is 0.196 e. The number of hydrogen-bond donors (Lipinski definition) is 2. The fourth-order valence-electron chi connectivity index (χ4n) is 2.78. The lowest BCUT2D eigenvalue weighted by Crippen LogP contribution is -2.22. The lowest BCUT2D eigenvalue weighted by Gasteiger charge is -2.20. The van der Waals surface area contributed by atoms with Crippen LogP contribution in [-0.4, -0.2) is 24.7 Å². The molecule has 0 amide bonds. The maximum absolute atomic E-state index is 12.8. The fraction of sp³-hybridized carbons (Fsp3) is 0.222. The summed E-state index contributed by atoms with van der Waals surface area (Å²) in [5.41, 5.74) is 8.14. The first kappa shape index (κ1) is 14.5. The van der Waals surface area contributed by atoms with Crippen LogP contribution in [-0.2, 0) is 0 Å². The van der Waals surface area contributed by atoms with Crippen molar-refractivity contribution in [2.24, 2.45) is 5.73 Å². The summed E-state index contributed by atoms with van der Waals surface area (Å²) in [5, 5.41) is 3.26. The molecule has 0 bridgehead atoms. The van der Waals surface area contributed by atoms with Crippen molar-refractivity contribution in [1.82, 2.24) is 0 Å². The van der Waals surface area contributed by atoms with Crippen molar-refractivity contribution in [2.75, 3.05) is 18.4 Å². The monoisotopic (exact) mass is 294 g/mol. The molecule has 0 saturated carbocycles. The minimum Gasteiger partial charge on any atom is -0.384 e. The molecule has 0 fully saturated rings. The molecule has 112 valence electrons. The second kappa shape index (κ2) is 6.12. The van der Waals surface area contributed by atoms with Gasteiger partial charge < -0.3 is 11.1 Å². The standard InChI is InChI=1S/C18H18N2O2/c19-10-3-4-11-20-15-9-5-8-14-16(15)18(22)13-7-2-1-6-12(13)17(14)21/h1-2,5-9,20H,3-4,10-11,19H2. The third-order valence-electron chi connectivity index (χ3n) is 3.90. The van der Waals surface area contributed by atoms with Gasteiger partial charge in [-0.05, 0) is 25.5 Å². The minimum atomic E-state index is -0.0906. The molecule has 1 aliphatic carbocycles. The normalized spacial score (nSPS) is 12.8. The van der Waals surface area contributed by atoms with Crippen molar-refractivity contribution in [2.45, 2.75) is 12.8 Å². The van der Waals surface area contributed by atoms with Crippen LogP contribution in [0.3, 0.4) is 0 Å². The first-order chi connectivity index (χ1) is 10.7. The van der Waals surface area contributed by atoms with Crippen LogP contribution >= 0.6 is 0 Å². The molecule has 0 atom stereocenters. The van der Waals surface area contributed by atoms with E-state index in [1.165, 1.54) is 0 Å². The summed E-state index contributed by atoms with van der Waals surface area (Å²) in [7, 11) is 0. The van der Waals surface area contributed by atoms with Crippen LogP contribution < -0.4 is 11.1 Å². The lowest BCUT2D eigenvalue weighted by atomic mass is 9.83. The van der Waals surface area contributed by atoms with Crippen molar-refractivity contribution in [1.29, 1.82) is 0 Å². The third-order valence-corrected chi connectivity index (χ3v) is 3.90. The molecule has 0 saturated heterocycles. The second-order valence-electron chi connectivity index (χ2n) is 5.35. The number of fused-ring (bicyclic) bond motifs is 2. The molecule has 0 aliphatic heterocycles. The van der Waals surface area contributed by atoms with E-state index in [0.29, 0.717) is 28.8 Å². The van der Waals surface area contributed by atoms with Crippen LogP contribution in [0.15, 0.2) is 42.5 Å². The van der Waals surface area contributed by atoms with E-state index in [9.17, 15) is 9.59 Å². The van der Waals surface area contributed by atoms with E-state index in [1.54, 1.807) is 30.3 Å². The van der Waals surface area contributed by atoms with Gasteiger partial charge in [0.1, 0.15) is 0 Å². The number of rotatable bonds is 5. The van der Waals surface area contributed by atoms with Crippen LogP contribution in [0.1, 0.15) is 44.7 Å². The highest BCUT2D eigenvalue weighted by atomic mass is 16.1. The number of hydrogen-bond acceptors (Lipinski definition) is 4. The Balaban J connectivity index is 1.98. The number of carbonyl (C=O) groups excluding carboxylic acids is 2. The van der Waals surface area contributed by atoms with Crippen LogP contribution in [0.25, 0.3) is 0 Å². The number of nitrogens with one attached hydrogen (secondary N) is 1. The number of ketones is 2. The van der Waals surface area contributed by atoms with Crippen LogP contribution in [0.2, 0.25) is 0 Å². The van der Waals surface area contributed by atoms with Crippen molar-refractivity contribution in [3.05, 3.63) is 64.7 Å². The lowest BCUT2D eigenvalue weighted by molar-refractivity contribution is 0.0979. The molecule has 0 unspecified atom stereocenters. The first-order valence-corrected chi connectivity index (χ1v) is 7.49. The van der Waals surface area contributed by atoms with Gasteiger partial charge in [-0.25, -0.2) is 0 Å². The van der Waals surface area contributed by atoms with E-state index in [2.05, 4.69) is 5.32 Å². The SMILES string of the molecule is NCCCCNc1cccc2c1C(=O)c1ccccc1C2=O. The van der Waals surface area contributed by atoms with E-state index < -0.39 is 0 Å². The Morgan fingerprint density at radius 3 is 2.23 bits per heavy atom. The summed E-state index contributed by atoms with van der Waals surface area (Å²) in [6.07, 6.45) is 1.86. The molecule has 1 aliphatic rings. The molecule has 2 aromatic carbocycles. The third kappa shape index (κ3) is 2.42. The minimum absolute atomic E-state index is 0.0872. The molecule has 0 radical (unpaired) electrons.